The average molecular weight is 545 g/mol. The SMILES string of the molecule is CC(C)(C)OC(=O)N1[C@@H]2CC[C@@H](C2)[C@H]1C(=O)N[C@@H](Cc1ccc([C@@H]2CCN3CCOC[C@H]3C2)cc1F)C(N)=O. The van der Waals surface area contributed by atoms with Gasteiger partial charge in [0.25, 0.3) is 0 Å². The standard InChI is InChI=1S/C29H41FN4O5/c1-29(2,3)39-28(37)34-21-7-6-20(13-21)25(34)27(36)32-24(26(31)35)15-19-5-4-17(14-23(19)30)18-8-9-33-10-11-38-16-22(33)12-18/h4-5,14,18,20-22,24-25H,6-13,15-16H2,1-3H3,(H2,31,35)(H,32,36)/t18-,20+,21-,22-,24+,25+/m1/s1. The Balaban J connectivity index is 1.25. The molecule has 6 atom stereocenters. The molecule has 1 saturated carbocycles. The van der Waals surface area contributed by atoms with E-state index in [2.05, 4.69) is 10.2 Å². The van der Waals surface area contributed by atoms with Crippen LogP contribution in [0.3, 0.4) is 0 Å². The Hall–Kier alpha value is -2.72. The van der Waals surface area contributed by atoms with Crippen LogP contribution in [0.1, 0.15) is 69.9 Å². The number of primary amides is 1. The van der Waals surface area contributed by atoms with Gasteiger partial charge in [-0.1, -0.05) is 12.1 Å². The summed E-state index contributed by atoms with van der Waals surface area (Å²) in [6, 6.07) is 3.64. The van der Waals surface area contributed by atoms with E-state index in [1.165, 1.54) is 4.90 Å². The van der Waals surface area contributed by atoms with Crippen LogP contribution in [0, 0.1) is 11.7 Å². The molecule has 214 valence electrons. The molecular weight excluding hydrogens is 503 g/mol. The third-order valence-electron chi connectivity index (χ3n) is 8.76. The smallest absolute Gasteiger partial charge is 0.411 e. The molecule has 1 aromatic carbocycles. The lowest BCUT2D eigenvalue weighted by molar-refractivity contribution is -0.132. The van der Waals surface area contributed by atoms with E-state index >= 15 is 4.39 Å². The van der Waals surface area contributed by atoms with E-state index in [9.17, 15) is 14.4 Å². The molecule has 2 bridgehead atoms. The molecule has 9 nitrogen and oxygen atoms in total. The number of nitrogens with zero attached hydrogens (tertiary/aromatic N) is 2. The Morgan fingerprint density at radius 2 is 1.95 bits per heavy atom. The van der Waals surface area contributed by atoms with Gasteiger partial charge in [-0.2, -0.15) is 0 Å². The van der Waals surface area contributed by atoms with E-state index in [0.717, 1.165) is 57.4 Å². The molecule has 4 aliphatic rings. The number of hydrogen-bond donors (Lipinski definition) is 2. The minimum absolute atomic E-state index is 0.00644. The number of halogens is 1. The summed E-state index contributed by atoms with van der Waals surface area (Å²) in [5.74, 6) is -1.36. The number of rotatable bonds is 6. The van der Waals surface area contributed by atoms with Gasteiger partial charge in [-0.25, -0.2) is 9.18 Å². The Morgan fingerprint density at radius 1 is 1.15 bits per heavy atom. The van der Waals surface area contributed by atoms with Crippen molar-refractivity contribution in [3.8, 4) is 0 Å². The highest BCUT2D eigenvalue weighted by Crippen LogP contribution is 2.43. The number of nitrogens with one attached hydrogen (secondary N) is 1. The quantitative estimate of drug-likeness (QED) is 0.569. The monoisotopic (exact) mass is 544 g/mol. The first kappa shape index (κ1) is 27.8. The number of morpholine rings is 1. The summed E-state index contributed by atoms with van der Waals surface area (Å²) in [5.41, 5.74) is 6.21. The van der Waals surface area contributed by atoms with Crippen molar-refractivity contribution in [1.82, 2.24) is 15.1 Å². The van der Waals surface area contributed by atoms with Gasteiger partial charge in [-0.05, 0) is 88.4 Å². The number of carbonyl (C=O) groups excluding carboxylic acids is 3. The average Bonchev–Trinajstić information content (AvgIpc) is 3.50. The van der Waals surface area contributed by atoms with E-state index in [0.29, 0.717) is 18.2 Å². The van der Waals surface area contributed by atoms with Gasteiger partial charge in [0.15, 0.2) is 0 Å². The summed E-state index contributed by atoms with van der Waals surface area (Å²) >= 11 is 0. The number of ether oxygens (including phenoxy) is 2. The fourth-order valence-electron chi connectivity index (χ4n) is 6.86. The lowest BCUT2D eigenvalue weighted by Crippen LogP contribution is -2.57. The third-order valence-corrected chi connectivity index (χ3v) is 8.76. The zero-order valence-corrected chi connectivity index (χ0v) is 23.2. The van der Waals surface area contributed by atoms with Gasteiger partial charge in [-0.15, -0.1) is 0 Å². The van der Waals surface area contributed by atoms with Crippen LogP contribution in [0.15, 0.2) is 18.2 Å². The number of hydrogen-bond acceptors (Lipinski definition) is 6. The van der Waals surface area contributed by atoms with Crippen molar-refractivity contribution in [3.63, 3.8) is 0 Å². The molecule has 1 aliphatic carbocycles. The normalized spacial score (nSPS) is 29.5. The Labute approximate surface area is 229 Å². The molecule has 3 heterocycles. The fraction of sp³-hybridized carbons (Fsp3) is 0.690. The molecule has 5 rings (SSSR count). The van der Waals surface area contributed by atoms with Crippen molar-refractivity contribution in [3.05, 3.63) is 35.1 Å². The number of likely N-dealkylation sites (tertiary alicyclic amines) is 1. The molecule has 3 N–H and O–H groups in total. The van der Waals surface area contributed by atoms with Crippen molar-refractivity contribution in [2.45, 2.75) is 95.0 Å². The molecule has 4 fully saturated rings. The first-order valence-electron chi connectivity index (χ1n) is 14.2. The summed E-state index contributed by atoms with van der Waals surface area (Å²) in [7, 11) is 0. The zero-order valence-electron chi connectivity index (χ0n) is 23.2. The molecule has 10 heteroatoms. The van der Waals surface area contributed by atoms with Crippen LogP contribution in [0.2, 0.25) is 0 Å². The maximum absolute atomic E-state index is 15.3. The van der Waals surface area contributed by atoms with Gasteiger partial charge >= 0.3 is 6.09 Å². The predicted octanol–water partition coefficient (Wildman–Crippen LogP) is 2.70. The van der Waals surface area contributed by atoms with E-state index in [-0.39, 0.29) is 24.3 Å². The van der Waals surface area contributed by atoms with Crippen molar-refractivity contribution >= 4 is 17.9 Å². The van der Waals surface area contributed by atoms with Crippen molar-refractivity contribution in [2.75, 3.05) is 26.3 Å². The molecule has 0 unspecified atom stereocenters. The number of piperidine rings is 2. The van der Waals surface area contributed by atoms with Gasteiger partial charge < -0.3 is 20.5 Å². The van der Waals surface area contributed by atoms with Gasteiger partial charge in [0.05, 0.1) is 13.2 Å². The summed E-state index contributed by atoms with van der Waals surface area (Å²) in [4.78, 5) is 42.6. The largest absolute Gasteiger partial charge is 0.444 e. The van der Waals surface area contributed by atoms with Gasteiger partial charge in [0.2, 0.25) is 11.8 Å². The maximum Gasteiger partial charge on any atom is 0.411 e. The molecule has 0 radical (unpaired) electrons. The summed E-state index contributed by atoms with van der Waals surface area (Å²) in [6.45, 7) is 8.75. The molecular formula is C29H41FN4O5. The van der Waals surface area contributed by atoms with Gasteiger partial charge in [-0.3, -0.25) is 19.4 Å². The molecule has 3 saturated heterocycles. The molecule has 1 aromatic rings. The first-order valence-corrected chi connectivity index (χ1v) is 14.2. The predicted molar refractivity (Wildman–Crippen MR) is 142 cm³/mol. The first-order chi connectivity index (χ1) is 18.5. The lowest BCUT2D eigenvalue weighted by atomic mass is 9.84. The Morgan fingerprint density at radius 3 is 2.67 bits per heavy atom. The molecule has 0 aromatic heterocycles. The van der Waals surface area contributed by atoms with Crippen LogP contribution in [0.25, 0.3) is 0 Å². The van der Waals surface area contributed by atoms with E-state index < -0.39 is 41.4 Å². The van der Waals surface area contributed by atoms with Crippen LogP contribution < -0.4 is 11.1 Å². The third kappa shape index (κ3) is 6.06. The number of amides is 3. The molecule has 0 spiro atoms. The molecule has 39 heavy (non-hydrogen) atoms. The van der Waals surface area contributed by atoms with Crippen molar-refractivity contribution < 1.29 is 28.2 Å². The van der Waals surface area contributed by atoms with E-state index in [1.807, 2.05) is 6.07 Å². The van der Waals surface area contributed by atoms with E-state index in [4.69, 9.17) is 15.2 Å². The number of benzene rings is 1. The number of carbonyl (C=O) groups is 3. The highest BCUT2D eigenvalue weighted by atomic mass is 19.1. The van der Waals surface area contributed by atoms with Crippen LogP contribution in [-0.2, 0) is 25.5 Å². The van der Waals surface area contributed by atoms with Crippen molar-refractivity contribution in [2.24, 2.45) is 11.7 Å². The second kappa shape index (κ2) is 11.0. The number of fused-ring (bicyclic) bond motifs is 3. The zero-order chi connectivity index (χ0) is 27.9. The second-order valence-electron chi connectivity index (χ2n) is 12.6. The second-order valence-corrected chi connectivity index (χ2v) is 12.6. The van der Waals surface area contributed by atoms with Crippen LogP contribution in [0.5, 0.6) is 0 Å². The fourth-order valence-corrected chi connectivity index (χ4v) is 6.86. The number of nitrogens with two attached hydrogens (primary N) is 1. The minimum Gasteiger partial charge on any atom is -0.444 e. The molecule has 3 amide bonds. The lowest BCUT2D eigenvalue weighted by Gasteiger charge is -2.42. The highest BCUT2D eigenvalue weighted by molar-refractivity contribution is 5.91. The summed E-state index contributed by atoms with van der Waals surface area (Å²) in [6.07, 6.45) is 3.67. The topological polar surface area (TPSA) is 114 Å². The summed E-state index contributed by atoms with van der Waals surface area (Å²) in [5, 5.41) is 2.73. The highest BCUT2D eigenvalue weighted by Gasteiger charge is 2.52. The summed E-state index contributed by atoms with van der Waals surface area (Å²) < 4.78 is 26.5. The van der Waals surface area contributed by atoms with E-state index in [1.54, 1.807) is 32.9 Å². The van der Waals surface area contributed by atoms with Gasteiger partial charge in [0.1, 0.15) is 23.5 Å². The van der Waals surface area contributed by atoms with Crippen LogP contribution in [-0.4, -0.2) is 83.8 Å². The Kier molecular flexibility index (Phi) is 7.88. The van der Waals surface area contributed by atoms with Crippen LogP contribution in [0.4, 0.5) is 9.18 Å². The maximum atomic E-state index is 15.3. The molecule has 3 aliphatic heterocycles. The van der Waals surface area contributed by atoms with Gasteiger partial charge in [0, 0.05) is 25.0 Å². The van der Waals surface area contributed by atoms with Crippen molar-refractivity contribution in [1.29, 1.82) is 0 Å². The minimum atomic E-state index is -1.10. The van der Waals surface area contributed by atoms with Crippen LogP contribution >= 0.6 is 0 Å². The Bertz CT molecular complexity index is 1110.